The van der Waals surface area contributed by atoms with Crippen LogP contribution in [0.5, 0.6) is 0 Å². The maximum Gasteiger partial charge on any atom is 0.408 e. The van der Waals surface area contributed by atoms with E-state index in [0.29, 0.717) is 11.5 Å². The maximum absolute atomic E-state index is 12.9. The van der Waals surface area contributed by atoms with Crippen molar-refractivity contribution in [2.75, 3.05) is 18.5 Å². The van der Waals surface area contributed by atoms with Gasteiger partial charge in [0.25, 0.3) is 0 Å². The lowest BCUT2D eigenvalue weighted by Gasteiger charge is -2.24. The molecule has 0 spiro atoms. The highest BCUT2D eigenvalue weighted by Crippen LogP contribution is 2.47. The maximum atomic E-state index is 12.9. The van der Waals surface area contributed by atoms with Crippen LogP contribution in [0.3, 0.4) is 0 Å². The molecule has 0 aliphatic carbocycles. The summed E-state index contributed by atoms with van der Waals surface area (Å²) in [6.07, 6.45) is -1.07. The molecule has 2 N–H and O–H groups in total. The SMILES string of the molecule is CCOC(=O)C(CSCc1ccccc1)CP(=O)(O)C(C)NC(=O)OCc1ccccc1. The van der Waals surface area contributed by atoms with Crippen LogP contribution in [-0.4, -0.2) is 41.3 Å². The summed E-state index contributed by atoms with van der Waals surface area (Å²) in [5.41, 5.74) is 1.91. The smallest absolute Gasteiger partial charge is 0.408 e. The van der Waals surface area contributed by atoms with Gasteiger partial charge < -0.3 is 19.7 Å². The minimum atomic E-state index is -3.91. The first kappa shape index (κ1) is 26.0. The number of carbonyl (C=O) groups excluding carboxylic acids is 2. The van der Waals surface area contributed by atoms with E-state index in [-0.39, 0.29) is 19.4 Å². The minimum absolute atomic E-state index is 0.0523. The number of amides is 1. The van der Waals surface area contributed by atoms with Gasteiger partial charge in [-0.2, -0.15) is 11.8 Å². The minimum Gasteiger partial charge on any atom is -0.466 e. The summed E-state index contributed by atoms with van der Waals surface area (Å²) in [5.74, 6) is -1.33. The van der Waals surface area contributed by atoms with Gasteiger partial charge in [-0.3, -0.25) is 9.36 Å². The number of nitrogens with one attached hydrogen (secondary N) is 1. The zero-order valence-corrected chi connectivity index (χ0v) is 20.0. The molecular formula is C23H30NO6PS. The molecule has 3 unspecified atom stereocenters. The van der Waals surface area contributed by atoms with Crippen LogP contribution in [0.1, 0.15) is 25.0 Å². The number of rotatable bonds is 12. The van der Waals surface area contributed by atoms with Gasteiger partial charge in [0.15, 0.2) is 0 Å². The third-order valence-electron chi connectivity index (χ3n) is 4.68. The van der Waals surface area contributed by atoms with Crippen LogP contribution in [0.25, 0.3) is 0 Å². The van der Waals surface area contributed by atoms with E-state index in [4.69, 9.17) is 9.47 Å². The average molecular weight is 480 g/mol. The van der Waals surface area contributed by atoms with Gasteiger partial charge >= 0.3 is 12.1 Å². The fourth-order valence-corrected chi connectivity index (χ4v) is 5.65. The van der Waals surface area contributed by atoms with E-state index in [1.54, 1.807) is 6.92 Å². The lowest BCUT2D eigenvalue weighted by atomic mass is 10.2. The Kier molecular flexibility index (Phi) is 10.8. The highest BCUT2D eigenvalue weighted by Gasteiger charge is 2.35. The lowest BCUT2D eigenvalue weighted by molar-refractivity contribution is -0.146. The summed E-state index contributed by atoms with van der Waals surface area (Å²) < 4.78 is 23.2. The molecule has 3 atom stereocenters. The lowest BCUT2D eigenvalue weighted by Crippen LogP contribution is -2.35. The molecule has 0 aliphatic heterocycles. The molecule has 0 fully saturated rings. The van der Waals surface area contributed by atoms with E-state index in [1.807, 2.05) is 60.7 Å². The molecule has 174 valence electrons. The van der Waals surface area contributed by atoms with Gasteiger partial charge in [-0.05, 0) is 25.0 Å². The Labute approximate surface area is 193 Å². The Bertz CT molecular complexity index is 896. The molecule has 32 heavy (non-hydrogen) atoms. The number of hydrogen-bond donors (Lipinski definition) is 2. The highest BCUT2D eigenvalue weighted by atomic mass is 32.2. The first-order chi connectivity index (χ1) is 15.3. The van der Waals surface area contributed by atoms with Gasteiger partial charge in [-0.25, -0.2) is 4.79 Å². The molecular weight excluding hydrogens is 449 g/mol. The fourth-order valence-electron chi connectivity index (χ4n) is 2.86. The second-order valence-electron chi connectivity index (χ2n) is 7.27. The molecule has 9 heteroatoms. The topological polar surface area (TPSA) is 102 Å². The van der Waals surface area contributed by atoms with Crippen molar-refractivity contribution in [3.05, 3.63) is 71.8 Å². The molecule has 1 amide bonds. The van der Waals surface area contributed by atoms with Crippen LogP contribution in [0.4, 0.5) is 4.79 Å². The Hall–Kier alpha value is -2.28. The standard InChI is InChI=1S/C23H30NO6PS/c1-3-29-22(25)21(17-32-16-20-12-8-5-9-13-20)15-31(27,28)18(2)24-23(26)30-14-19-10-6-4-7-11-19/h4-13,18,21H,3,14-17H2,1-2H3,(H,24,26)(H,27,28). The normalized spacial score (nSPS) is 14.6. The summed E-state index contributed by atoms with van der Waals surface area (Å²) >= 11 is 1.50. The highest BCUT2D eigenvalue weighted by molar-refractivity contribution is 7.98. The van der Waals surface area contributed by atoms with Crippen molar-refractivity contribution >= 4 is 31.2 Å². The first-order valence-electron chi connectivity index (χ1n) is 10.4. The number of ether oxygens (including phenoxy) is 2. The molecule has 0 bridgehead atoms. The molecule has 2 aromatic rings. The van der Waals surface area contributed by atoms with E-state index in [2.05, 4.69) is 5.32 Å². The number of hydrogen-bond acceptors (Lipinski definition) is 6. The molecule has 2 aromatic carbocycles. The van der Waals surface area contributed by atoms with Crippen LogP contribution in [0.15, 0.2) is 60.7 Å². The first-order valence-corrected chi connectivity index (χ1v) is 13.5. The molecule has 7 nitrogen and oxygen atoms in total. The zero-order valence-electron chi connectivity index (χ0n) is 18.3. The molecule has 0 saturated carbocycles. The van der Waals surface area contributed by atoms with Crippen molar-refractivity contribution in [3.63, 3.8) is 0 Å². The van der Waals surface area contributed by atoms with Gasteiger partial charge in [0, 0.05) is 17.7 Å². The number of thioether (sulfide) groups is 1. The largest absolute Gasteiger partial charge is 0.466 e. The average Bonchev–Trinajstić information content (AvgIpc) is 2.78. The second kappa shape index (κ2) is 13.3. The summed E-state index contributed by atoms with van der Waals surface area (Å²) in [6, 6.07) is 18.9. The Balaban J connectivity index is 1.90. The molecule has 2 rings (SSSR count). The summed E-state index contributed by atoms with van der Waals surface area (Å²) in [5, 5.41) is 2.42. The predicted molar refractivity (Wildman–Crippen MR) is 127 cm³/mol. The third-order valence-corrected chi connectivity index (χ3v) is 8.16. The van der Waals surface area contributed by atoms with Crippen LogP contribution in [-0.2, 0) is 31.2 Å². The zero-order chi connectivity index (χ0) is 23.4. The van der Waals surface area contributed by atoms with E-state index < -0.39 is 31.1 Å². The van der Waals surface area contributed by atoms with Crippen molar-refractivity contribution in [1.29, 1.82) is 0 Å². The van der Waals surface area contributed by atoms with Crippen LogP contribution in [0.2, 0.25) is 0 Å². The van der Waals surface area contributed by atoms with Crippen molar-refractivity contribution in [3.8, 4) is 0 Å². The Morgan fingerprint density at radius 1 is 1.03 bits per heavy atom. The van der Waals surface area contributed by atoms with E-state index in [1.165, 1.54) is 18.7 Å². The van der Waals surface area contributed by atoms with Gasteiger partial charge in [0.2, 0.25) is 7.37 Å². The Morgan fingerprint density at radius 2 is 1.62 bits per heavy atom. The van der Waals surface area contributed by atoms with Crippen LogP contribution >= 0.6 is 19.1 Å². The molecule has 0 radical (unpaired) electrons. The number of carbonyl (C=O) groups is 2. The molecule has 0 aliphatic rings. The number of alkyl carbamates (subject to hydrolysis) is 1. The van der Waals surface area contributed by atoms with Gasteiger partial charge in [-0.1, -0.05) is 60.7 Å². The van der Waals surface area contributed by atoms with E-state index in [0.717, 1.165) is 11.1 Å². The second-order valence-corrected chi connectivity index (χ2v) is 11.0. The van der Waals surface area contributed by atoms with Crippen molar-refractivity contribution in [1.82, 2.24) is 5.32 Å². The van der Waals surface area contributed by atoms with E-state index in [9.17, 15) is 19.0 Å². The number of benzene rings is 2. The van der Waals surface area contributed by atoms with Gasteiger partial charge in [-0.15, -0.1) is 0 Å². The molecule has 0 saturated heterocycles. The summed E-state index contributed by atoms with van der Waals surface area (Å²) in [4.78, 5) is 35.0. The van der Waals surface area contributed by atoms with Gasteiger partial charge in [0.05, 0.1) is 12.5 Å². The van der Waals surface area contributed by atoms with Crippen molar-refractivity contribution < 1.29 is 28.5 Å². The Morgan fingerprint density at radius 3 is 2.22 bits per heavy atom. The monoisotopic (exact) mass is 479 g/mol. The van der Waals surface area contributed by atoms with Gasteiger partial charge in [0.1, 0.15) is 12.4 Å². The predicted octanol–water partition coefficient (Wildman–Crippen LogP) is 4.64. The van der Waals surface area contributed by atoms with Crippen molar-refractivity contribution in [2.24, 2.45) is 5.92 Å². The summed E-state index contributed by atoms with van der Waals surface area (Å²) in [6.45, 7) is 3.37. The van der Waals surface area contributed by atoms with E-state index >= 15 is 0 Å². The molecule has 0 aromatic heterocycles. The molecule has 0 heterocycles. The summed E-state index contributed by atoms with van der Waals surface area (Å²) in [7, 11) is -3.91. The van der Waals surface area contributed by atoms with Crippen LogP contribution in [0, 0.1) is 5.92 Å². The fraction of sp³-hybridized carbons (Fsp3) is 0.391. The van der Waals surface area contributed by atoms with Crippen molar-refractivity contribution in [2.45, 2.75) is 32.0 Å². The third kappa shape index (κ3) is 9.07. The number of esters is 1. The quantitative estimate of drug-likeness (QED) is 0.338. The van der Waals surface area contributed by atoms with Crippen LogP contribution < -0.4 is 5.32 Å².